The zero-order chi connectivity index (χ0) is 13.8. The van der Waals surface area contributed by atoms with Gasteiger partial charge in [0.15, 0.2) is 0 Å². The number of benzene rings is 2. The summed E-state index contributed by atoms with van der Waals surface area (Å²) in [6.45, 7) is 0. The Bertz CT molecular complexity index is 626. The second-order valence-electron chi connectivity index (χ2n) is 3.77. The molecule has 0 aliphatic carbocycles. The third-order valence-electron chi connectivity index (χ3n) is 2.42. The summed E-state index contributed by atoms with van der Waals surface area (Å²) in [5.74, 6) is -0.370. The Balaban J connectivity index is 2.18. The molecular weight excluding hydrogens is 359 g/mol. The summed E-state index contributed by atoms with van der Waals surface area (Å²) in [7, 11) is 0. The summed E-state index contributed by atoms with van der Waals surface area (Å²) in [4.78, 5) is 22.1. The maximum absolute atomic E-state index is 11.9. The Morgan fingerprint density at radius 2 is 1.84 bits per heavy atom. The van der Waals surface area contributed by atoms with Gasteiger partial charge >= 0.3 is 0 Å². The van der Waals surface area contributed by atoms with Gasteiger partial charge in [0, 0.05) is 27.0 Å². The quantitative estimate of drug-likeness (QED) is 0.513. The number of nitrogens with zero attached hydrogens (tertiary/aromatic N) is 1. The van der Waals surface area contributed by atoms with Crippen LogP contribution in [0.25, 0.3) is 0 Å². The minimum absolute atomic E-state index is 0.102. The molecule has 2 rings (SSSR count). The molecule has 0 heterocycles. The Hall–Kier alpha value is -1.96. The van der Waals surface area contributed by atoms with E-state index in [2.05, 4.69) is 27.9 Å². The molecule has 0 bridgehead atoms. The zero-order valence-corrected chi connectivity index (χ0v) is 11.8. The molecule has 0 unspecified atom stereocenters. The van der Waals surface area contributed by atoms with Crippen molar-refractivity contribution in [2.24, 2.45) is 0 Å². The molecule has 0 spiro atoms. The van der Waals surface area contributed by atoms with Crippen LogP contribution in [0.15, 0.2) is 48.5 Å². The Morgan fingerprint density at radius 3 is 2.47 bits per heavy atom. The second-order valence-corrected chi connectivity index (χ2v) is 5.01. The van der Waals surface area contributed by atoms with Gasteiger partial charge in [0.05, 0.1) is 4.92 Å². The van der Waals surface area contributed by atoms with Crippen molar-refractivity contribution in [3.63, 3.8) is 0 Å². The summed E-state index contributed by atoms with van der Waals surface area (Å²) in [5.41, 5.74) is 0.805. The van der Waals surface area contributed by atoms with Crippen molar-refractivity contribution in [1.29, 1.82) is 0 Å². The van der Waals surface area contributed by atoms with Crippen LogP contribution in [0.4, 0.5) is 11.4 Å². The first-order valence-electron chi connectivity index (χ1n) is 5.37. The minimum Gasteiger partial charge on any atom is -0.322 e. The number of hydrogen-bond donors (Lipinski definition) is 1. The number of carbonyl (C=O) groups excluding carboxylic acids is 1. The fraction of sp³-hybridized carbons (Fsp3) is 0. The fourth-order valence-electron chi connectivity index (χ4n) is 1.50. The molecule has 6 heteroatoms. The van der Waals surface area contributed by atoms with Crippen LogP contribution >= 0.6 is 22.6 Å². The summed E-state index contributed by atoms with van der Waals surface area (Å²) >= 11 is 2.17. The highest BCUT2D eigenvalue weighted by molar-refractivity contribution is 14.1. The molecule has 2 aromatic rings. The monoisotopic (exact) mass is 368 g/mol. The van der Waals surface area contributed by atoms with Crippen LogP contribution in [0.5, 0.6) is 0 Å². The summed E-state index contributed by atoms with van der Waals surface area (Å²) in [6.07, 6.45) is 0. The molecule has 1 amide bonds. The molecular formula is C13H9IN2O3. The van der Waals surface area contributed by atoms with Crippen molar-refractivity contribution in [3.05, 3.63) is 67.8 Å². The van der Waals surface area contributed by atoms with Crippen LogP contribution in [-0.4, -0.2) is 10.8 Å². The number of hydrogen-bond acceptors (Lipinski definition) is 3. The van der Waals surface area contributed by atoms with E-state index in [1.807, 2.05) is 12.1 Å². The second kappa shape index (κ2) is 5.79. The maximum atomic E-state index is 11.9. The first-order valence-corrected chi connectivity index (χ1v) is 6.45. The SMILES string of the molecule is O=C(Nc1ccc(I)cc1)c1cccc([N+](=O)[O-])c1. The van der Waals surface area contributed by atoms with Gasteiger partial charge in [-0.2, -0.15) is 0 Å². The highest BCUT2D eigenvalue weighted by Gasteiger charge is 2.11. The number of non-ortho nitro benzene ring substituents is 1. The van der Waals surface area contributed by atoms with Crippen LogP contribution in [0, 0.1) is 13.7 Å². The van der Waals surface area contributed by atoms with Crippen molar-refractivity contribution in [2.45, 2.75) is 0 Å². The number of nitro benzene ring substituents is 1. The summed E-state index contributed by atoms with van der Waals surface area (Å²) in [6, 6.07) is 12.9. The standard InChI is InChI=1S/C13H9IN2O3/c14-10-4-6-11(7-5-10)15-13(17)9-2-1-3-12(8-9)16(18)19/h1-8H,(H,15,17). The van der Waals surface area contributed by atoms with E-state index < -0.39 is 4.92 Å². The van der Waals surface area contributed by atoms with Gasteiger partial charge in [-0.15, -0.1) is 0 Å². The van der Waals surface area contributed by atoms with Gasteiger partial charge in [-0.3, -0.25) is 14.9 Å². The Morgan fingerprint density at radius 1 is 1.16 bits per heavy atom. The predicted octanol–water partition coefficient (Wildman–Crippen LogP) is 3.45. The third-order valence-corrected chi connectivity index (χ3v) is 3.14. The average Bonchev–Trinajstić information content (AvgIpc) is 2.41. The van der Waals surface area contributed by atoms with Crippen LogP contribution < -0.4 is 5.32 Å². The lowest BCUT2D eigenvalue weighted by Crippen LogP contribution is -2.11. The molecule has 0 radical (unpaired) electrons. The van der Waals surface area contributed by atoms with Crippen molar-refractivity contribution >= 4 is 39.9 Å². The highest BCUT2D eigenvalue weighted by Crippen LogP contribution is 2.16. The molecule has 1 N–H and O–H groups in total. The van der Waals surface area contributed by atoms with E-state index in [-0.39, 0.29) is 17.2 Å². The lowest BCUT2D eigenvalue weighted by atomic mass is 10.2. The van der Waals surface area contributed by atoms with Crippen molar-refractivity contribution in [1.82, 2.24) is 0 Å². The lowest BCUT2D eigenvalue weighted by molar-refractivity contribution is -0.384. The molecule has 0 fully saturated rings. The summed E-state index contributed by atoms with van der Waals surface area (Å²) in [5, 5.41) is 13.3. The van der Waals surface area contributed by atoms with Crippen molar-refractivity contribution < 1.29 is 9.72 Å². The van der Waals surface area contributed by atoms with Crippen LogP contribution in [-0.2, 0) is 0 Å². The molecule has 0 atom stereocenters. The van der Waals surface area contributed by atoms with Crippen molar-refractivity contribution in [3.8, 4) is 0 Å². The van der Waals surface area contributed by atoms with Gasteiger partial charge in [-0.05, 0) is 52.9 Å². The Kier molecular flexibility index (Phi) is 4.10. The first-order chi connectivity index (χ1) is 9.06. The highest BCUT2D eigenvalue weighted by atomic mass is 127. The largest absolute Gasteiger partial charge is 0.322 e. The normalized spacial score (nSPS) is 9.95. The third kappa shape index (κ3) is 3.50. The molecule has 96 valence electrons. The van der Waals surface area contributed by atoms with Gasteiger partial charge in [0.25, 0.3) is 11.6 Å². The zero-order valence-electron chi connectivity index (χ0n) is 9.67. The number of nitrogens with one attached hydrogen (secondary N) is 1. The summed E-state index contributed by atoms with van der Waals surface area (Å²) < 4.78 is 1.06. The van der Waals surface area contributed by atoms with E-state index in [1.54, 1.807) is 12.1 Å². The lowest BCUT2D eigenvalue weighted by Gasteiger charge is -2.05. The van der Waals surface area contributed by atoms with Gasteiger partial charge in [-0.25, -0.2) is 0 Å². The van der Waals surface area contributed by atoms with E-state index in [0.29, 0.717) is 5.69 Å². The van der Waals surface area contributed by atoms with Gasteiger partial charge < -0.3 is 5.32 Å². The van der Waals surface area contributed by atoms with E-state index in [9.17, 15) is 14.9 Å². The van der Waals surface area contributed by atoms with Gasteiger partial charge in [0.1, 0.15) is 0 Å². The predicted molar refractivity (Wildman–Crippen MR) is 80.2 cm³/mol. The van der Waals surface area contributed by atoms with Crippen LogP contribution in [0.1, 0.15) is 10.4 Å². The number of halogens is 1. The van der Waals surface area contributed by atoms with E-state index in [1.165, 1.54) is 24.3 Å². The molecule has 2 aromatic carbocycles. The number of rotatable bonds is 3. The number of anilines is 1. The topological polar surface area (TPSA) is 72.2 Å². The van der Waals surface area contributed by atoms with Crippen LogP contribution in [0.2, 0.25) is 0 Å². The fourth-order valence-corrected chi connectivity index (χ4v) is 1.86. The van der Waals surface area contributed by atoms with E-state index in [4.69, 9.17) is 0 Å². The molecule has 0 saturated carbocycles. The minimum atomic E-state index is -0.526. The maximum Gasteiger partial charge on any atom is 0.270 e. The molecule has 0 aliphatic rings. The van der Waals surface area contributed by atoms with Gasteiger partial charge in [0.2, 0.25) is 0 Å². The molecule has 5 nitrogen and oxygen atoms in total. The van der Waals surface area contributed by atoms with E-state index in [0.717, 1.165) is 3.57 Å². The number of carbonyl (C=O) groups is 1. The Labute approximate surface area is 122 Å². The average molecular weight is 368 g/mol. The first kappa shape index (κ1) is 13.5. The van der Waals surface area contributed by atoms with E-state index >= 15 is 0 Å². The smallest absolute Gasteiger partial charge is 0.270 e. The van der Waals surface area contributed by atoms with Gasteiger partial charge in [-0.1, -0.05) is 6.07 Å². The molecule has 19 heavy (non-hydrogen) atoms. The van der Waals surface area contributed by atoms with Crippen LogP contribution in [0.3, 0.4) is 0 Å². The molecule has 0 saturated heterocycles. The number of amides is 1. The number of nitro groups is 1. The van der Waals surface area contributed by atoms with Crippen molar-refractivity contribution in [2.75, 3.05) is 5.32 Å². The molecule has 0 aliphatic heterocycles. The molecule has 0 aromatic heterocycles.